The van der Waals surface area contributed by atoms with Gasteiger partial charge in [0.05, 0.1) is 0 Å². The summed E-state index contributed by atoms with van der Waals surface area (Å²) in [5, 5.41) is 0.928. The summed E-state index contributed by atoms with van der Waals surface area (Å²) < 4.78 is 0. The van der Waals surface area contributed by atoms with Crippen LogP contribution in [0.1, 0.15) is 38.5 Å². The third kappa shape index (κ3) is 1.92. The molecule has 0 saturated heterocycles. The van der Waals surface area contributed by atoms with Crippen LogP contribution in [0.5, 0.6) is 0 Å². The molecule has 2 atom stereocenters. The molecule has 1 amide bonds. The molecule has 90 valence electrons. The summed E-state index contributed by atoms with van der Waals surface area (Å²) in [4.78, 5) is 14.6. The van der Waals surface area contributed by atoms with E-state index in [4.69, 9.17) is 0 Å². The Morgan fingerprint density at radius 3 is 2.25 bits per heavy atom. The highest BCUT2D eigenvalue weighted by Crippen LogP contribution is 2.56. The van der Waals surface area contributed by atoms with Crippen molar-refractivity contribution in [1.82, 2.24) is 4.90 Å². The van der Waals surface area contributed by atoms with Crippen LogP contribution < -0.4 is 0 Å². The predicted molar refractivity (Wildman–Crippen MR) is 67.5 cm³/mol. The summed E-state index contributed by atoms with van der Waals surface area (Å²) >= 11 is 3.47. The Bertz CT molecular complexity index is 278. The van der Waals surface area contributed by atoms with Gasteiger partial charge in [-0.2, -0.15) is 0 Å². The lowest BCUT2D eigenvalue weighted by Gasteiger charge is -2.21. The van der Waals surface area contributed by atoms with Gasteiger partial charge in [-0.25, -0.2) is 0 Å². The highest BCUT2D eigenvalue weighted by molar-refractivity contribution is 9.09. The molecule has 3 saturated carbocycles. The molecule has 3 fully saturated rings. The molecule has 3 aliphatic rings. The van der Waals surface area contributed by atoms with E-state index >= 15 is 0 Å². The van der Waals surface area contributed by atoms with Crippen LogP contribution in [0.3, 0.4) is 0 Å². The SMILES string of the molecule is O=C(C1C2CCCCC21)N(CCBr)C1CC1. The van der Waals surface area contributed by atoms with Gasteiger partial charge in [0.2, 0.25) is 5.91 Å². The average molecular weight is 286 g/mol. The third-order valence-electron chi connectivity index (χ3n) is 4.54. The summed E-state index contributed by atoms with van der Waals surface area (Å²) in [6, 6.07) is 0.590. The van der Waals surface area contributed by atoms with Crippen molar-refractivity contribution in [2.24, 2.45) is 17.8 Å². The molecule has 2 nitrogen and oxygen atoms in total. The largest absolute Gasteiger partial charge is 0.339 e. The van der Waals surface area contributed by atoms with Gasteiger partial charge >= 0.3 is 0 Å². The fourth-order valence-corrected chi connectivity index (χ4v) is 3.88. The van der Waals surface area contributed by atoms with E-state index in [0.717, 1.165) is 23.7 Å². The molecule has 2 unspecified atom stereocenters. The number of rotatable bonds is 4. The van der Waals surface area contributed by atoms with Crippen LogP contribution in [0.4, 0.5) is 0 Å². The van der Waals surface area contributed by atoms with Crippen molar-refractivity contribution in [3.05, 3.63) is 0 Å². The third-order valence-corrected chi connectivity index (χ3v) is 4.89. The van der Waals surface area contributed by atoms with Crippen LogP contribution >= 0.6 is 15.9 Å². The standard InChI is InChI=1S/C13H20BrNO/c14-7-8-15(9-5-6-9)13(16)12-10-3-1-2-4-11(10)12/h9-12H,1-8H2. The maximum atomic E-state index is 12.4. The van der Waals surface area contributed by atoms with E-state index in [0.29, 0.717) is 17.9 Å². The van der Waals surface area contributed by atoms with Gasteiger partial charge in [-0.05, 0) is 37.5 Å². The van der Waals surface area contributed by atoms with Gasteiger partial charge in [0.15, 0.2) is 0 Å². The van der Waals surface area contributed by atoms with Gasteiger partial charge in [-0.1, -0.05) is 28.8 Å². The van der Waals surface area contributed by atoms with E-state index in [-0.39, 0.29) is 0 Å². The predicted octanol–water partition coefficient (Wildman–Crippen LogP) is 2.81. The summed E-state index contributed by atoms with van der Waals surface area (Å²) in [5.74, 6) is 2.43. The fraction of sp³-hybridized carbons (Fsp3) is 0.923. The average Bonchev–Trinajstić information content (AvgIpc) is 3.17. The summed E-state index contributed by atoms with van der Waals surface area (Å²) in [7, 11) is 0. The second-order valence-electron chi connectivity index (χ2n) is 5.59. The first-order chi connectivity index (χ1) is 7.83. The Morgan fingerprint density at radius 1 is 1.12 bits per heavy atom. The smallest absolute Gasteiger partial charge is 0.226 e. The number of carbonyl (C=O) groups is 1. The normalized spacial score (nSPS) is 36.7. The Kier molecular flexibility index (Phi) is 2.99. The molecule has 0 bridgehead atoms. The minimum Gasteiger partial charge on any atom is -0.339 e. The number of halogens is 1. The van der Waals surface area contributed by atoms with Gasteiger partial charge in [-0.3, -0.25) is 4.79 Å². The van der Waals surface area contributed by atoms with E-state index in [9.17, 15) is 4.79 Å². The zero-order valence-corrected chi connectivity index (χ0v) is 11.3. The number of fused-ring (bicyclic) bond motifs is 1. The van der Waals surface area contributed by atoms with Crippen molar-refractivity contribution < 1.29 is 4.79 Å². The van der Waals surface area contributed by atoms with E-state index in [2.05, 4.69) is 20.8 Å². The minimum absolute atomic E-state index is 0.419. The van der Waals surface area contributed by atoms with Crippen LogP contribution in [0.15, 0.2) is 0 Å². The molecule has 0 aromatic heterocycles. The van der Waals surface area contributed by atoms with E-state index in [1.807, 2.05) is 0 Å². The van der Waals surface area contributed by atoms with E-state index in [1.54, 1.807) is 0 Å². The van der Waals surface area contributed by atoms with Gasteiger partial charge < -0.3 is 4.90 Å². The van der Waals surface area contributed by atoms with Crippen LogP contribution in [0, 0.1) is 17.8 Å². The van der Waals surface area contributed by atoms with Gasteiger partial charge in [-0.15, -0.1) is 0 Å². The first-order valence-corrected chi connectivity index (χ1v) is 7.81. The summed E-state index contributed by atoms with van der Waals surface area (Å²) in [5.41, 5.74) is 0. The van der Waals surface area contributed by atoms with Crippen molar-refractivity contribution in [2.75, 3.05) is 11.9 Å². The lowest BCUT2D eigenvalue weighted by atomic mass is 10.0. The molecule has 3 aliphatic carbocycles. The Labute approximate surface area is 106 Å². The second-order valence-corrected chi connectivity index (χ2v) is 6.38. The van der Waals surface area contributed by atoms with Crippen LogP contribution in [-0.2, 0) is 4.79 Å². The number of carbonyl (C=O) groups excluding carboxylic acids is 1. The molecule has 16 heavy (non-hydrogen) atoms. The van der Waals surface area contributed by atoms with Crippen LogP contribution in [0.25, 0.3) is 0 Å². The topological polar surface area (TPSA) is 20.3 Å². The summed E-state index contributed by atoms with van der Waals surface area (Å²) in [6.45, 7) is 0.916. The maximum absolute atomic E-state index is 12.4. The first-order valence-electron chi connectivity index (χ1n) is 6.69. The first kappa shape index (κ1) is 11.1. The molecule has 0 radical (unpaired) electrons. The molecular weight excluding hydrogens is 266 g/mol. The molecule has 0 N–H and O–H groups in total. The maximum Gasteiger partial charge on any atom is 0.226 e. The number of alkyl halides is 1. The van der Waals surface area contributed by atoms with Crippen LogP contribution in [-0.4, -0.2) is 28.7 Å². The molecule has 0 spiro atoms. The number of amides is 1. The van der Waals surface area contributed by atoms with Gasteiger partial charge in [0.1, 0.15) is 0 Å². The molecule has 0 aromatic rings. The molecule has 0 aromatic carbocycles. The van der Waals surface area contributed by atoms with Gasteiger partial charge in [0, 0.05) is 23.8 Å². The Hall–Kier alpha value is -0.0500. The minimum atomic E-state index is 0.419. The number of nitrogens with zero attached hydrogens (tertiary/aromatic N) is 1. The van der Waals surface area contributed by atoms with Crippen molar-refractivity contribution in [3.8, 4) is 0 Å². The quantitative estimate of drug-likeness (QED) is 0.728. The van der Waals surface area contributed by atoms with Crippen molar-refractivity contribution in [1.29, 1.82) is 0 Å². The molecule has 3 rings (SSSR count). The van der Waals surface area contributed by atoms with Gasteiger partial charge in [0.25, 0.3) is 0 Å². The lowest BCUT2D eigenvalue weighted by molar-refractivity contribution is -0.133. The Balaban J connectivity index is 1.63. The molecule has 0 heterocycles. The fourth-order valence-electron chi connectivity index (χ4n) is 3.50. The number of hydrogen-bond donors (Lipinski definition) is 0. The zero-order valence-electron chi connectivity index (χ0n) is 9.70. The zero-order chi connectivity index (χ0) is 11.1. The van der Waals surface area contributed by atoms with Crippen LogP contribution in [0.2, 0.25) is 0 Å². The second kappa shape index (κ2) is 4.32. The lowest BCUT2D eigenvalue weighted by Crippen LogP contribution is -2.36. The monoisotopic (exact) mass is 285 g/mol. The highest BCUT2D eigenvalue weighted by Gasteiger charge is 2.56. The van der Waals surface area contributed by atoms with E-state index < -0.39 is 0 Å². The highest BCUT2D eigenvalue weighted by atomic mass is 79.9. The Morgan fingerprint density at radius 2 is 1.75 bits per heavy atom. The van der Waals surface area contributed by atoms with E-state index in [1.165, 1.54) is 38.5 Å². The molecule has 0 aliphatic heterocycles. The summed E-state index contributed by atoms with van der Waals surface area (Å²) in [6.07, 6.45) is 7.81. The van der Waals surface area contributed by atoms with Crippen molar-refractivity contribution >= 4 is 21.8 Å². The number of hydrogen-bond acceptors (Lipinski definition) is 1. The van der Waals surface area contributed by atoms with Crippen molar-refractivity contribution in [2.45, 2.75) is 44.6 Å². The molecule has 3 heteroatoms. The molecular formula is C13H20BrNO. The van der Waals surface area contributed by atoms with Crippen molar-refractivity contribution in [3.63, 3.8) is 0 Å².